The van der Waals surface area contributed by atoms with Crippen LogP contribution in [0.3, 0.4) is 0 Å². The molecule has 5 aromatic rings. The van der Waals surface area contributed by atoms with Gasteiger partial charge < -0.3 is 23.8 Å². The maximum absolute atomic E-state index is 12.2. The normalized spacial score (nSPS) is 18.2. The highest BCUT2D eigenvalue weighted by atomic mass is 16.5. The Hall–Kier alpha value is -5.78. The van der Waals surface area contributed by atoms with Crippen LogP contribution in [0.5, 0.6) is 5.75 Å². The van der Waals surface area contributed by atoms with E-state index in [0.717, 1.165) is 67.3 Å². The van der Waals surface area contributed by atoms with Crippen LogP contribution in [0.15, 0.2) is 90.3 Å². The van der Waals surface area contributed by atoms with E-state index < -0.39 is 0 Å². The summed E-state index contributed by atoms with van der Waals surface area (Å²) in [5, 5.41) is 8.98. The van der Waals surface area contributed by atoms with Crippen LogP contribution in [0.1, 0.15) is 175 Å². The molecule has 8 rings (SSSR count). The molecule has 1 saturated heterocycles. The SMILES string of the molecule is CC.CCOC(=O)c1cnn(-c2cccc(C3=C(COC)C(C)(C)CC(C)(C)C3)c2)c1C.COC(=O)c1cnn(-c2cccc(C3=C(COc4ccc(C5CCN(C)CC5)cc4C)C(C)(C)CC(C)(C)C3)c2)c1C. The van der Waals surface area contributed by atoms with Crippen LogP contribution >= 0.6 is 0 Å². The minimum Gasteiger partial charge on any atom is -0.489 e. The van der Waals surface area contributed by atoms with Gasteiger partial charge in [-0.3, -0.25) is 0 Å². The fourth-order valence-electron chi connectivity index (χ4n) is 12.3. The quantitative estimate of drug-likeness (QED) is 0.106. The predicted molar refractivity (Wildman–Crippen MR) is 301 cm³/mol. The predicted octanol–water partition coefficient (Wildman–Crippen LogP) is 14.4. The van der Waals surface area contributed by atoms with Gasteiger partial charge in [0.25, 0.3) is 0 Å². The van der Waals surface area contributed by atoms with Gasteiger partial charge in [-0.1, -0.05) is 106 Å². The van der Waals surface area contributed by atoms with E-state index in [4.69, 9.17) is 18.9 Å². The molecule has 3 aliphatic rings. The van der Waals surface area contributed by atoms with Crippen molar-refractivity contribution in [2.75, 3.05) is 54.2 Å². The van der Waals surface area contributed by atoms with Gasteiger partial charge in [-0.25, -0.2) is 19.0 Å². The van der Waals surface area contributed by atoms with Gasteiger partial charge in [-0.05, 0) is 189 Å². The van der Waals surface area contributed by atoms with Crippen molar-refractivity contribution in [3.8, 4) is 17.1 Å². The molecule has 1 fully saturated rings. The van der Waals surface area contributed by atoms with Crippen molar-refractivity contribution in [1.82, 2.24) is 24.5 Å². The Bertz CT molecular complexity index is 2830. The second-order valence-electron chi connectivity index (χ2n) is 23.5. The number of rotatable bonds is 13. The molecule has 0 atom stereocenters. The van der Waals surface area contributed by atoms with Crippen LogP contribution in [-0.2, 0) is 14.2 Å². The van der Waals surface area contributed by atoms with Crippen molar-refractivity contribution in [1.29, 1.82) is 0 Å². The van der Waals surface area contributed by atoms with Crippen LogP contribution in [-0.4, -0.2) is 90.6 Å². The molecular weight excluding hydrogens is 923 g/mol. The molecule has 0 saturated carbocycles. The summed E-state index contributed by atoms with van der Waals surface area (Å²) < 4.78 is 26.0. The van der Waals surface area contributed by atoms with Crippen molar-refractivity contribution in [2.45, 2.75) is 141 Å². The first-order valence-corrected chi connectivity index (χ1v) is 26.9. The molecule has 0 bridgehead atoms. The first-order chi connectivity index (χ1) is 35.0. The van der Waals surface area contributed by atoms with Gasteiger partial charge >= 0.3 is 11.9 Å². The maximum atomic E-state index is 12.2. The number of allylic oxidation sites excluding steroid dienone is 2. The average Bonchev–Trinajstić information content (AvgIpc) is 3.94. The number of hydrogen-bond donors (Lipinski definition) is 0. The number of methoxy groups -OCH3 is 2. The number of piperidine rings is 1. The summed E-state index contributed by atoms with van der Waals surface area (Å²) in [5.41, 5.74) is 15.2. The van der Waals surface area contributed by atoms with E-state index in [1.54, 1.807) is 26.4 Å². The number of esters is 2. The Morgan fingerprint density at radius 2 is 1.15 bits per heavy atom. The van der Waals surface area contributed by atoms with Crippen molar-refractivity contribution in [2.24, 2.45) is 21.7 Å². The highest BCUT2D eigenvalue weighted by Gasteiger charge is 2.41. The van der Waals surface area contributed by atoms with Crippen molar-refractivity contribution < 1.29 is 28.5 Å². The lowest BCUT2D eigenvalue weighted by atomic mass is 9.61. The third kappa shape index (κ3) is 13.2. The van der Waals surface area contributed by atoms with Crippen molar-refractivity contribution >= 4 is 23.1 Å². The molecule has 74 heavy (non-hydrogen) atoms. The number of benzene rings is 3. The Balaban J connectivity index is 0.000000246. The minimum absolute atomic E-state index is 0.0191. The van der Waals surface area contributed by atoms with Gasteiger partial charge in [0.2, 0.25) is 0 Å². The molecule has 11 heteroatoms. The van der Waals surface area contributed by atoms with E-state index in [9.17, 15) is 9.59 Å². The molecule has 0 amide bonds. The van der Waals surface area contributed by atoms with Gasteiger partial charge in [-0.15, -0.1) is 0 Å². The van der Waals surface area contributed by atoms with Gasteiger partial charge in [0.15, 0.2) is 0 Å². The van der Waals surface area contributed by atoms with Crippen molar-refractivity contribution in [3.05, 3.63) is 135 Å². The van der Waals surface area contributed by atoms with E-state index in [-0.39, 0.29) is 33.6 Å². The standard InChI is InChI=1S/C36H47N3O3.C25H34N2O3.C2H6/c1-24-18-27(26-14-16-38(7)17-15-26)12-13-33(24)42-22-32-30(20-35(3,4)23-36(32,5)6)28-10-9-11-29(19-28)39-25(2)31(21-37-39)34(40)41-8;1-8-30-23(28)21-14-26-27(17(21)2)19-11-9-10-18(12-19)20-13-24(3,4)16-25(5,6)22(20)15-29-7;1-2/h9-13,18-19,21,26H,14-17,20,22-23H2,1-8H3;9-12,14H,8,13,15-16H2,1-7H3;1-2H3. The zero-order valence-electron chi connectivity index (χ0n) is 48.0. The number of carbonyl (C=O) groups excluding carboxylic acids is 2. The summed E-state index contributed by atoms with van der Waals surface area (Å²) in [6.45, 7) is 34.4. The zero-order valence-corrected chi connectivity index (χ0v) is 48.0. The molecule has 2 aromatic heterocycles. The van der Waals surface area contributed by atoms with E-state index in [1.165, 1.54) is 64.5 Å². The highest BCUT2D eigenvalue weighted by molar-refractivity contribution is 5.91. The topological polar surface area (TPSA) is 110 Å². The van der Waals surface area contributed by atoms with Gasteiger partial charge in [0.05, 0.1) is 55.5 Å². The molecule has 0 unspecified atom stereocenters. The molecular formula is C63H87N5O6. The Morgan fingerprint density at radius 1 is 0.662 bits per heavy atom. The number of hydrogen-bond acceptors (Lipinski definition) is 9. The van der Waals surface area contributed by atoms with E-state index in [1.807, 2.05) is 49.2 Å². The smallest absolute Gasteiger partial charge is 0.341 e. The average molecular weight is 1010 g/mol. The fourth-order valence-corrected chi connectivity index (χ4v) is 12.3. The van der Waals surface area contributed by atoms with Crippen molar-refractivity contribution in [3.63, 3.8) is 0 Å². The summed E-state index contributed by atoms with van der Waals surface area (Å²) in [4.78, 5) is 26.8. The minimum atomic E-state index is -0.373. The second kappa shape index (κ2) is 23.8. The Morgan fingerprint density at radius 3 is 1.61 bits per heavy atom. The molecule has 11 nitrogen and oxygen atoms in total. The second-order valence-corrected chi connectivity index (χ2v) is 23.5. The summed E-state index contributed by atoms with van der Waals surface area (Å²) >= 11 is 0. The lowest BCUT2D eigenvalue weighted by molar-refractivity contribution is 0.0524. The largest absolute Gasteiger partial charge is 0.489 e. The molecule has 1 aliphatic heterocycles. The fraction of sp³-hybridized carbons (Fsp3) is 0.524. The maximum Gasteiger partial charge on any atom is 0.341 e. The lowest BCUT2D eigenvalue weighted by Crippen LogP contribution is -2.33. The van der Waals surface area contributed by atoms with E-state index in [2.05, 4.69) is 139 Å². The lowest BCUT2D eigenvalue weighted by Gasteiger charge is -2.44. The first-order valence-electron chi connectivity index (χ1n) is 26.9. The van der Waals surface area contributed by atoms with Crippen LogP contribution in [0, 0.1) is 42.4 Å². The number of likely N-dealkylation sites (tertiary alicyclic amines) is 1. The van der Waals surface area contributed by atoms with E-state index >= 15 is 0 Å². The molecule has 3 heterocycles. The van der Waals surface area contributed by atoms with Gasteiger partial charge in [0.1, 0.15) is 23.5 Å². The molecule has 0 spiro atoms. The van der Waals surface area contributed by atoms with Crippen LogP contribution < -0.4 is 4.74 Å². The number of ether oxygens (including phenoxy) is 4. The molecule has 0 N–H and O–H groups in total. The van der Waals surface area contributed by atoms with Gasteiger partial charge in [0, 0.05) is 7.11 Å². The van der Waals surface area contributed by atoms with Crippen LogP contribution in [0.25, 0.3) is 22.5 Å². The molecule has 0 radical (unpaired) electrons. The number of nitrogens with zero attached hydrogens (tertiary/aromatic N) is 5. The van der Waals surface area contributed by atoms with E-state index in [0.29, 0.717) is 36.9 Å². The van der Waals surface area contributed by atoms with Crippen LogP contribution in [0.4, 0.5) is 0 Å². The molecule has 2 aliphatic carbocycles. The zero-order chi connectivity index (χ0) is 54.3. The summed E-state index contributed by atoms with van der Waals surface area (Å²) in [7, 11) is 5.37. The van der Waals surface area contributed by atoms with Crippen LogP contribution in [0.2, 0.25) is 0 Å². The number of aryl methyl sites for hydroxylation is 1. The van der Waals surface area contributed by atoms with Gasteiger partial charge in [-0.2, -0.15) is 10.2 Å². The molecule has 400 valence electrons. The third-order valence-corrected chi connectivity index (χ3v) is 15.4. The third-order valence-electron chi connectivity index (χ3n) is 15.4. The Kier molecular flexibility index (Phi) is 18.5. The monoisotopic (exact) mass is 1010 g/mol. The highest BCUT2D eigenvalue weighted by Crippen LogP contribution is 2.53. The summed E-state index contributed by atoms with van der Waals surface area (Å²) in [6.07, 6.45) is 9.81. The summed E-state index contributed by atoms with van der Waals surface area (Å²) in [5.74, 6) is 0.897. The first kappa shape index (κ1) is 57.5. The Labute approximate surface area is 443 Å². The number of aromatic nitrogens is 4. The number of carbonyl (C=O) groups is 2. The molecule has 3 aromatic carbocycles. The summed E-state index contributed by atoms with van der Waals surface area (Å²) in [6, 6.07) is 23.7.